The summed E-state index contributed by atoms with van der Waals surface area (Å²) in [6.07, 6.45) is 0. The molecule has 0 fully saturated rings. The lowest BCUT2D eigenvalue weighted by molar-refractivity contribution is 0.0709. The Balaban J connectivity index is 2.72. The van der Waals surface area contributed by atoms with Crippen LogP contribution in [0, 0.1) is 0 Å². The number of methoxy groups -OCH3 is 1. The number of ether oxygens (including phenoxy) is 1. The fourth-order valence-corrected chi connectivity index (χ4v) is 1.83. The highest BCUT2D eigenvalue weighted by Crippen LogP contribution is 2.12. The number of phenolic OH excluding ortho intramolecular Hbond substituents is 1. The number of carbonyl (C=O) groups is 1. The van der Waals surface area contributed by atoms with Gasteiger partial charge in [0.1, 0.15) is 5.75 Å². The minimum atomic E-state index is -0.0542. The predicted octanol–water partition coefficient (Wildman–Crippen LogP) is 1.88. The first-order chi connectivity index (χ1) is 8.19. The Morgan fingerprint density at radius 2 is 2.00 bits per heavy atom. The molecule has 0 aliphatic carbocycles. The highest BCUT2D eigenvalue weighted by atomic mass is 79.9. The van der Waals surface area contributed by atoms with Crippen LogP contribution in [0.2, 0.25) is 0 Å². The van der Waals surface area contributed by atoms with Crippen LogP contribution < -0.4 is 0 Å². The molecule has 0 aliphatic rings. The van der Waals surface area contributed by atoms with Crippen molar-refractivity contribution in [2.75, 3.05) is 32.1 Å². The SMILES string of the molecule is COCCN(CCBr)C(=O)c1ccc(O)cc1. The average Bonchev–Trinajstić information content (AvgIpc) is 2.34. The lowest BCUT2D eigenvalue weighted by Gasteiger charge is -2.21. The third kappa shape index (κ3) is 4.36. The van der Waals surface area contributed by atoms with Crippen molar-refractivity contribution in [3.8, 4) is 5.75 Å². The summed E-state index contributed by atoms with van der Waals surface area (Å²) in [5.74, 6) is 0.104. The Hall–Kier alpha value is -1.07. The zero-order chi connectivity index (χ0) is 12.7. The lowest BCUT2D eigenvalue weighted by Crippen LogP contribution is -2.35. The third-order valence-electron chi connectivity index (χ3n) is 2.32. The van der Waals surface area contributed by atoms with Crippen LogP contribution in [0.25, 0.3) is 0 Å². The van der Waals surface area contributed by atoms with Gasteiger partial charge in [-0.2, -0.15) is 0 Å². The predicted molar refractivity (Wildman–Crippen MR) is 69.7 cm³/mol. The van der Waals surface area contributed by atoms with E-state index >= 15 is 0 Å². The largest absolute Gasteiger partial charge is 0.508 e. The second-order valence-electron chi connectivity index (χ2n) is 3.52. The van der Waals surface area contributed by atoms with E-state index in [9.17, 15) is 4.79 Å². The van der Waals surface area contributed by atoms with Crippen LogP contribution in [0.15, 0.2) is 24.3 Å². The minimum absolute atomic E-state index is 0.0542. The number of alkyl halides is 1. The van der Waals surface area contributed by atoms with Crippen molar-refractivity contribution in [2.45, 2.75) is 0 Å². The molecule has 1 aromatic carbocycles. The van der Waals surface area contributed by atoms with Gasteiger partial charge < -0.3 is 14.7 Å². The van der Waals surface area contributed by atoms with E-state index in [-0.39, 0.29) is 11.7 Å². The fourth-order valence-electron chi connectivity index (χ4n) is 1.40. The van der Waals surface area contributed by atoms with Gasteiger partial charge in [0.25, 0.3) is 5.91 Å². The van der Waals surface area contributed by atoms with Crippen LogP contribution in [-0.2, 0) is 4.74 Å². The monoisotopic (exact) mass is 301 g/mol. The number of phenols is 1. The molecule has 5 heteroatoms. The quantitative estimate of drug-likeness (QED) is 0.816. The van der Waals surface area contributed by atoms with E-state index in [0.717, 1.165) is 5.33 Å². The number of halogens is 1. The standard InChI is InChI=1S/C12H16BrNO3/c1-17-9-8-14(7-6-13)12(16)10-2-4-11(15)5-3-10/h2-5,15H,6-9H2,1H3. The second kappa shape index (κ2) is 7.29. The number of rotatable bonds is 6. The number of hydrogen-bond acceptors (Lipinski definition) is 3. The van der Waals surface area contributed by atoms with Crippen LogP contribution in [0.1, 0.15) is 10.4 Å². The van der Waals surface area contributed by atoms with Gasteiger partial charge in [0.2, 0.25) is 0 Å². The molecule has 0 atom stereocenters. The minimum Gasteiger partial charge on any atom is -0.508 e. The number of amides is 1. The molecule has 0 aromatic heterocycles. The van der Waals surface area contributed by atoms with E-state index < -0.39 is 0 Å². The molecule has 94 valence electrons. The van der Waals surface area contributed by atoms with E-state index in [0.29, 0.717) is 25.3 Å². The molecule has 0 saturated heterocycles. The molecule has 0 spiro atoms. The second-order valence-corrected chi connectivity index (χ2v) is 4.31. The first kappa shape index (κ1) is 14.0. The Labute approximate surface area is 109 Å². The van der Waals surface area contributed by atoms with Crippen LogP contribution in [0.3, 0.4) is 0 Å². The highest BCUT2D eigenvalue weighted by Gasteiger charge is 2.14. The Kier molecular flexibility index (Phi) is 6.00. The zero-order valence-electron chi connectivity index (χ0n) is 9.73. The summed E-state index contributed by atoms with van der Waals surface area (Å²) in [5.41, 5.74) is 0.569. The Morgan fingerprint density at radius 1 is 1.35 bits per heavy atom. The fraction of sp³-hybridized carbons (Fsp3) is 0.417. The van der Waals surface area contributed by atoms with Crippen molar-refractivity contribution >= 4 is 21.8 Å². The van der Waals surface area contributed by atoms with Gasteiger partial charge in [-0.25, -0.2) is 0 Å². The average molecular weight is 302 g/mol. The number of nitrogens with zero attached hydrogens (tertiary/aromatic N) is 1. The first-order valence-corrected chi connectivity index (χ1v) is 6.44. The van der Waals surface area contributed by atoms with Crippen molar-refractivity contribution in [1.29, 1.82) is 0 Å². The molecule has 0 radical (unpaired) electrons. The summed E-state index contributed by atoms with van der Waals surface area (Å²) in [6, 6.07) is 6.25. The van der Waals surface area contributed by atoms with E-state index in [1.54, 1.807) is 24.1 Å². The summed E-state index contributed by atoms with van der Waals surface area (Å²) in [4.78, 5) is 13.8. The zero-order valence-corrected chi connectivity index (χ0v) is 11.3. The number of benzene rings is 1. The summed E-state index contributed by atoms with van der Waals surface area (Å²) in [7, 11) is 1.61. The maximum atomic E-state index is 12.1. The van der Waals surface area contributed by atoms with Crippen molar-refractivity contribution in [2.24, 2.45) is 0 Å². The molecule has 0 heterocycles. The maximum absolute atomic E-state index is 12.1. The van der Waals surface area contributed by atoms with Gasteiger partial charge >= 0.3 is 0 Å². The van der Waals surface area contributed by atoms with E-state index in [1.807, 2.05) is 0 Å². The molecule has 1 aromatic rings. The summed E-state index contributed by atoms with van der Waals surface area (Å²) in [6.45, 7) is 1.70. The van der Waals surface area contributed by atoms with Crippen LogP contribution in [0.5, 0.6) is 5.75 Å². The van der Waals surface area contributed by atoms with Gasteiger partial charge in [0, 0.05) is 31.1 Å². The van der Waals surface area contributed by atoms with Crippen LogP contribution in [0.4, 0.5) is 0 Å². The molecule has 0 bridgehead atoms. The molecule has 0 aliphatic heterocycles. The van der Waals surface area contributed by atoms with Crippen molar-refractivity contribution in [3.63, 3.8) is 0 Å². The molecule has 1 N–H and O–H groups in total. The normalized spacial score (nSPS) is 10.2. The number of carbonyl (C=O) groups excluding carboxylic acids is 1. The van der Waals surface area contributed by atoms with Gasteiger partial charge in [-0.15, -0.1) is 0 Å². The molecule has 1 rings (SSSR count). The highest BCUT2D eigenvalue weighted by molar-refractivity contribution is 9.09. The third-order valence-corrected chi connectivity index (χ3v) is 2.68. The molecule has 1 amide bonds. The Bertz CT molecular complexity index is 353. The van der Waals surface area contributed by atoms with Gasteiger partial charge in [-0.3, -0.25) is 4.79 Å². The number of aromatic hydroxyl groups is 1. The van der Waals surface area contributed by atoms with Crippen molar-refractivity contribution in [3.05, 3.63) is 29.8 Å². The van der Waals surface area contributed by atoms with E-state index in [2.05, 4.69) is 15.9 Å². The summed E-state index contributed by atoms with van der Waals surface area (Å²) < 4.78 is 4.97. The maximum Gasteiger partial charge on any atom is 0.253 e. The van der Waals surface area contributed by atoms with Crippen molar-refractivity contribution < 1.29 is 14.6 Å². The van der Waals surface area contributed by atoms with Crippen LogP contribution >= 0.6 is 15.9 Å². The van der Waals surface area contributed by atoms with Gasteiger partial charge in [0.15, 0.2) is 0 Å². The number of hydrogen-bond donors (Lipinski definition) is 1. The summed E-state index contributed by atoms with van der Waals surface area (Å²) in [5, 5.41) is 9.89. The van der Waals surface area contributed by atoms with E-state index in [1.165, 1.54) is 12.1 Å². The first-order valence-electron chi connectivity index (χ1n) is 5.32. The van der Waals surface area contributed by atoms with Gasteiger partial charge in [-0.1, -0.05) is 15.9 Å². The molecule has 4 nitrogen and oxygen atoms in total. The molecule has 17 heavy (non-hydrogen) atoms. The molecule has 0 unspecified atom stereocenters. The smallest absolute Gasteiger partial charge is 0.253 e. The van der Waals surface area contributed by atoms with Gasteiger partial charge in [0.05, 0.1) is 6.61 Å². The Morgan fingerprint density at radius 3 is 2.53 bits per heavy atom. The van der Waals surface area contributed by atoms with E-state index in [4.69, 9.17) is 9.84 Å². The molecule has 0 saturated carbocycles. The summed E-state index contributed by atoms with van der Waals surface area (Å²) >= 11 is 3.32. The van der Waals surface area contributed by atoms with Crippen molar-refractivity contribution in [1.82, 2.24) is 4.90 Å². The van der Waals surface area contributed by atoms with Crippen LogP contribution in [-0.4, -0.2) is 48.0 Å². The molecular weight excluding hydrogens is 286 g/mol. The van der Waals surface area contributed by atoms with Gasteiger partial charge in [-0.05, 0) is 24.3 Å². The topological polar surface area (TPSA) is 49.8 Å². The molecular formula is C12H16BrNO3. The lowest BCUT2D eigenvalue weighted by atomic mass is 10.2.